The van der Waals surface area contributed by atoms with Gasteiger partial charge in [0.05, 0.1) is 0 Å². The van der Waals surface area contributed by atoms with E-state index in [-0.39, 0.29) is 0 Å². The number of piperazine rings is 1. The van der Waals surface area contributed by atoms with Crippen LogP contribution in [-0.2, 0) is 6.18 Å². The van der Waals surface area contributed by atoms with Gasteiger partial charge in [-0.15, -0.1) is 0 Å². The van der Waals surface area contributed by atoms with Gasteiger partial charge in [-0.25, -0.2) is 0 Å². The average molecular weight is 266 g/mol. The molecule has 0 spiro atoms. The molecule has 0 unspecified atom stereocenters. The van der Waals surface area contributed by atoms with Crippen LogP contribution in [0.25, 0.3) is 0 Å². The van der Waals surface area contributed by atoms with Gasteiger partial charge in [-0.2, -0.15) is 22.5 Å². The van der Waals surface area contributed by atoms with Gasteiger partial charge in [-0.3, -0.25) is 0 Å². The minimum Gasteiger partial charge on any atom is -0.344 e. The first-order valence-electron chi connectivity index (χ1n) is 5.39. The Hall–Kier alpha value is -0.890. The molecule has 0 bridgehead atoms. The Morgan fingerprint density at radius 2 is 1.88 bits per heavy atom. The number of aromatic nitrogens is 2. The molecule has 0 aliphatic carbocycles. The molecule has 1 saturated heterocycles. The van der Waals surface area contributed by atoms with Crippen LogP contribution in [0.1, 0.15) is 12.7 Å². The molecule has 1 aromatic heterocycles. The van der Waals surface area contributed by atoms with Gasteiger partial charge in [-0.1, -0.05) is 6.92 Å². The molecule has 0 saturated carbocycles. The maximum Gasteiger partial charge on any atom is 0.452 e. The highest BCUT2D eigenvalue weighted by molar-refractivity contribution is 7.09. The van der Waals surface area contributed by atoms with Crippen LogP contribution >= 0.6 is 11.5 Å². The van der Waals surface area contributed by atoms with Crippen LogP contribution < -0.4 is 4.90 Å². The standard InChI is InChI=1S/C9H13F3N4S/c1-2-15-3-5-16(6-4-15)8-13-7(14-17-8)9(10,11)12/h2-6H2,1H3. The Labute approximate surface area is 101 Å². The first-order chi connectivity index (χ1) is 8.00. The number of hydrogen-bond donors (Lipinski definition) is 0. The summed E-state index contributed by atoms with van der Waals surface area (Å²) in [6.45, 7) is 6.18. The molecule has 0 N–H and O–H groups in total. The van der Waals surface area contributed by atoms with Crippen LogP contribution in [0.2, 0.25) is 0 Å². The first-order valence-corrected chi connectivity index (χ1v) is 6.16. The van der Waals surface area contributed by atoms with Crippen LogP contribution in [0.4, 0.5) is 18.3 Å². The third-order valence-electron chi connectivity index (χ3n) is 2.76. The summed E-state index contributed by atoms with van der Waals surface area (Å²) in [7, 11) is 0. The molecular weight excluding hydrogens is 253 g/mol. The van der Waals surface area contributed by atoms with E-state index in [0.717, 1.165) is 31.2 Å². The van der Waals surface area contributed by atoms with Crippen molar-refractivity contribution in [2.75, 3.05) is 37.6 Å². The molecule has 1 aliphatic heterocycles. The molecule has 8 heteroatoms. The van der Waals surface area contributed by atoms with E-state index in [0.29, 0.717) is 18.2 Å². The zero-order valence-corrected chi connectivity index (χ0v) is 10.2. The Balaban J connectivity index is 2.02. The summed E-state index contributed by atoms with van der Waals surface area (Å²) in [6.07, 6.45) is -4.44. The van der Waals surface area contributed by atoms with Crippen molar-refractivity contribution in [2.45, 2.75) is 13.1 Å². The van der Waals surface area contributed by atoms with E-state index in [2.05, 4.69) is 21.2 Å². The van der Waals surface area contributed by atoms with Crippen molar-refractivity contribution in [3.05, 3.63) is 5.82 Å². The highest BCUT2D eigenvalue weighted by Gasteiger charge is 2.36. The van der Waals surface area contributed by atoms with Gasteiger partial charge >= 0.3 is 6.18 Å². The lowest BCUT2D eigenvalue weighted by Gasteiger charge is -2.33. The van der Waals surface area contributed by atoms with Gasteiger partial charge in [0.15, 0.2) is 0 Å². The summed E-state index contributed by atoms with van der Waals surface area (Å²) in [5.74, 6) is -1.03. The van der Waals surface area contributed by atoms with E-state index in [1.165, 1.54) is 0 Å². The predicted molar refractivity (Wildman–Crippen MR) is 59.2 cm³/mol. The number of likely N-dealkylation sites (N-methyl/N-ethyl adjacent to an activating group) is 1. The molecule has 4 nitrogen and oxygen atoms in total. The molecule has 1 fully saturated rings. The van der Waals surface area contributed by atoms with Crippen molar-refractivity contribution in [1.29, 1.82) is 0 Å². The SMILES string of the molecule is CCN1CCN(c2nc(C(F)(F)F)ns2)CC1. The van der Waals surface area contributed by atoms with Gasteiger partial charge in [0.2, 0.25) is 11.0 Å². The molecule has 2 heterocycles. The third-order valence-corrected chi connectivity index (χ3v) is 3.54. The predicted octanol–water partition coefficient (Wildman–Crippen LogP) is 1.70. The number of anilines is 1. The van der Waals surface area contributed by atoms with Crippen LogP contribution in [0.5, 0.6) is 0 Å². The Bertz CT molecular complexity index is 371. The number of nitrogens with zero attached hydrogens (tertiary/aromatic N) is 4. The number of alkyl halides is 3. The lowest BCUT2D eigenvalue weighted by molar-refractivity contribution is -0.144. The van der Waals surface area contributed by atoms with E-state index in [9.17, 15) is 13.2 Å². The van der Waals surface area contributed by atoms with E-state index < -0.39 is 12.0 Å². The monoisotopic (exact) mass is 266 g/mol. The average Bonchev–Trinajstić information content (AvgIpc) is 2.78. The summed E-state index contributed by atoms with van der Waals surface area (Å²) >= 11 is 0.818. The summed E-state index contributed by atoms with van der Waals surface area (Å²) in [5.41, 5.74) is 0. The number of hydrogen-bond acceptors (Lipinski definition) is 5. The third kappa shape index (κ3) is 2.86. The smallest absolute Gasteiger partial charge is 0.344 e. The second-order valence-electron chi connectivity index (χ2n) is 3.82. The minimum atomic E-state index is -4.44. The van der Waals surface area contributed by atoms with Crippen LogP contribution in [0.3, 0.4) is 0 Å². The molecule has 1 aliphatic rings. The molecule has 17 heavy (non-hydrogen) atoms. The highest BCUT2D eigenvalue weighted by atomic mass is 32.1. The Morgan fingerprint density at radius 3 is 2.35 bits per heavy atom. The van der Waals surface area contributed by atoms with Crippen LogP contribution in [0, 0.1) is 0 Å². The fourth-order valence-electron chi connectivity index (χ4n) is 1.71. The molecule has 2 rings (SSSR count). The maximum atomic E-state index is 12.3. The van der Waals surface area contributed by atoms with Crippen molar-refractivity contribution >= 4 is 16.7 Å². The highest BCUT2D eigenvalue weighted by Crippen LogP contribution is 2.30. The van der Waals surface area contributed by atoms with Gasteiger partial charge in [0.25, 0.3) is 0 Å². The molecule has 96 valence electrons. The van der Waals surface area contributed by atoms with E-state index in [1.807, 2.05) is 4.90 Å². The normalized spacial score (nSPS) is 18.7. The number of halogens is 3. The summed E-state index contributed by atoms with van der Waals surface area (Å²) < 4.78 is 40.4. The zero-order chi connectivity index (χ0) is 12.5. The van der Waals surface area contributed by atoms with Crippen LogP contribution in [0.15, 0.2) is 0 Å². The van der Waals surface area contributed by atoms with Gasteiger partial charge in [0.1, 0.15) is 0 Å². The van der Waals surface area contributed by atoms with Crippen molar-refractivity contribution in [3.63, 3.8) is 0 Å². The minimum absolute atomic E-state index is 0.369. The van der Waals surface area contributed by atoms with Gasteiger partial charge in [-0.05, 0) is 6.54 Å². The van der Waals surface area contributed by atoms with Crippen molar-refractivity contribution < 1.29 is 13.2 Å². The zero-order valence-electron chi connectivity index (χ0n) is 9.37. The first kappa shape index (κ1) is 12.6. The Kier molecular flexibility index (Phi) is 3.53. The van der Waals surface area contributed by atoms with Crippen molar-refractivity contribution in [1.82, 2.24) is 14.3 Å². The van der Waals surface area contributed by atoms with Gasteiger partial charge < -0.3 is 9.80 Å². The molecule has 0 amide bonds. The Morgan fingerprint density at radius 1 is 1.24 bits per heavy atom. The van der Waals surface area contributed by atoms with E-state index >= 15 is 0 Å². The lowest BCUT2D eigenvalue weighted by Crippen LogP contribution is -2.46. The maximum absolute atomic E-state index is 12.3. The largest absolute Gasteiger partial charge is 0.452 e. The molecule has 1 aromatic rings. The summed E-state index contributed by atoms with van der Waals surface area (Å²) in [4.78, 5) is 7.66. The fourth-order valence-corrected chi connectivity index (χ4v) is 2.45. The summed E-state index contributed by atoms with van der Waals surface area (Å²) in [6, 6.07) is 0. The fraction of sp³-hybridized carbons (Fsp3) is 0.778. The molecule has 0 radical (unpaired) electrons. The van der Waals surface area contributed by atoms with E-state index in [1.54, 1.807) is 0 Å². The quantitative estimate of drug-likeness (QED) is 0.815. The van der Waals surface area contributed by atoms with Gasteiger partial charge in [0, 0.05) is 37.7 Å². The van der Waals surface area contributed by atoms with Crippen molar-refractivity contribution in [2.24, 2.45) is 0 Å². The summed E-state index contributed by atoms with van der Waals surface area (Å²) in [5, 5.41) is 0.369. The molecular formula is C9H13F3N4S. The second kappa shape index (κ2) is 4.77. The lowest BCUT2D eigenvalue weighted by atomic mass is 10.3. The molecule has 0 atom stereocenters. The molecule has 0 aromatic carbocycles. The van der Waals surface area contributed by atoms with E-state index in [4.69, 9.17) is 0 Å². The van der Waals surface area contributed by atoms with Crippen molar-refractivity contribution in [3.8, 4) is 0 Å². The second-order valence-corrected chi connectivity index (χ2v) is 4.55. The number of rotatable bonds is 2. The topological polar surface area (TPSA) is 32.3 Å². The van der Waals surface area contributed by atoms with Crippen LogP contribution in [-0.4, -0.2) is 47.0 Å².